The minimum absolute atomic E-state index is 0.00975. The zero-order valence-corrected chi connectivity index (χ0v) is 39.4. The average Bonchev–Trinajstić information content (AvgIpc) is 3.22. The first-order valence-electron chi connectivity index (χ1n) is 25.9. The second kappa shape index (κ2) is 41.2. The largest absolute Gasteiger partial charge is 0.465 e. The first-order valence-corrected chi connectivity index (χ1v) is 25.9. The smallest absolute Gasteiger partial charge is 0.305 e. The monoisotopic (exact) mass is 821 g/mol. The number of nitrogens with zero attached hydrogens (tertiary/aromatic N) is 2. The third kappa shape index (κ3) is 34.5. The van der Waals surface area contributed by atoms with Crippen molar-refractivity contribution >= 4 is 11.9 Å². The molecule has 344 valence electrons. The van der Waals surface area contributed by atoms with Gasteiger partial charge in [-0.05, 0) is 89.1 Å². The van der Waals surface area contributed by atoms with Gasteiger partial charge >= 0.3 is 11.9 Å². The number of esters is 2. The number of aliphatic hydroxyl groups excluding tert-OH is 1. The lowest BCUT2D eigenvalue weighted by molar-refractivity contribution is -0.146. The topological polar surface area (TPSA) is 79.3 Å². The fourth-order valence-corrected chi connectivity index (χ4v) is 8.66. The number of rotatable bonds is 43. The van der Waals surface area contributed by atoms with Crippen LogP contribution in [0.1, 0.15) is 246 Å². The van der Waals surface area contributed by atoms with Gasteiger partial charge in [0.25, 0.3) is 0 Å². The Hall–Kier alpha value is -1.18. The molecule has 2 atom stereocenters. The molecular weight excluding hydrogens is 721 g/mol. The van der Waals surface area contributed by atoms with E-state index in [0.717, 1.165) is 90.6 Å². The molecule has 0 bridgehead atoms. The van der Waals surface area contributed by atoms with Gasteiger partial charge < -0.3 is 24.4 Å². The molecule has 1 aliphatic heterocycles. The van der Waals surface area contributed by atoms with Crippen LogP contribution < -0.4 is 0 Å². The SMILES string of the molecule is CCCCCCCCC(CCCCCC)COC(=O)CCCCCN(CCCCCC(=O)OCC(CCCCCC)CCCCCCCC)CCN1CCC(O)CC1. The summed E-state index contributed by atoms with van der Waals surface area (Å²) in [6.45, 7) is 16.4. The molecule has 0 aromatic carbocycles. The Morgan fingerprint density at radius 3 is 1.24 bits per heavy atom. The van der Waals surface area contributed by atoms with Crippen molar-refractivity contribution in [3.05, 3.63) is 0 Å². The molecule has 58 heavy (non-hydrogen) atoms. The van der Waals surface area contributed by atoms with Crippen LogP contribution in [0.3, 0.4) is 0 Å². The summed E-state index contributed by atoms with van der Waals surface area (Å²) in [5.41, 5.74) is 0. The number of carbonyl (C=O) groups excluding carboxylic acids is 2. The van der Waals surface area contributed by atoms with Crippen molar-refractivity contribution in [3.8, 4) is 0 Å². The summed E-state index contributed by atoms with van der Waals surface area (Å²) < 4.78 is 11.7. The molecule has 0 aliphatic carbocycles. The Labute approximate surface area is 361 Å². The van der Waals surface area contributed by atoms with Crippen molar-refractivity contribution in [1.82, 2.24) is 9.80 Å². The Morgan fingerprint density at radius 1 is 0.500 bits per heavy atom. The summed E-state index contributed by atoms with van der Waals surface area (Å²) >= 11 is 0. The molecule has 0 aromatic rings. The molecule has 1 saturated heterocycles. The zero-order chi connectivity index (χ0) is 42.2. The number of ether oxygens (including phenoxy) is 2. The fourth-order valence-electron chi connectivity index (χ4n) is 8.66. The number of aliphatic hydroxyl groups is 1. The Morgan fingerprint density at radius 2 is 0.845 bits per heavy atom. The van der Waals surface area contributed by atoms with Crippen LogP contribution >= 0.6 is 0 Å². The van der Waals surface area contributed by atoms with Gasteiger partial charge in [0.1, 0.15) is 0 Å². The molecule has 1 fully saturated rings. The minimum atomic E-state index is -0.139. The quantitative estimate of drug-likeness (QED) is 0.0485. The summed E-state index contributed by atoms with van der Waals surface area (Å²) in [7, 11) is 0. The van der Waals surface area contributed by atoms with Crippen molar-refractivity contribution in [2.75, 3.05) is 52.5 Å². The van der Waals surface area contributed by atoms with Crippen LogP contribution in [-0.4, -0.2) is 85.4 Å². The van der Waals surface area contributed by atoms with Crippen molar-refractivity contribution in [2.24, 2.45) is 11.8 Å². The van der Waals surface area contributed by atoms with E-state index in [9.17, 15) is 14.7 Å². The minimum Gasteiger partial charge on any atom is -0.465 e. The van der Waals surface area contributed by atoms with Crippen LogP contribution in [0.2, 0.25) is 0 Å². The highest BCUT2D eigenvalue weighted by Gasteiger charge is 2.18. The van der Waals surface area contributed by atoms with E-state index in [4.69, 9.17) is 9.47 Å². The number of unbranched alkanes of at least 4 members (excludes halogenated alkanes) is 20. The number of hydrogen-bond acceptors (Lipinski definition) is 7. The van der Waals surface area contributed by atoms with E-state index in [1.54, 1.807) is 0 Å². The second-order valence-corrected chi connectivity index (χ2v) is 18.4. The van der Waals surface area contributed by atoms with Crippen LogP contribution in [-0.2, 0) is 19.1 Å². The molecule has 1 aliphatic rings. The number of hydrogen-bond donors (Lipinski definition) is 1. The lowest BCUT2D eigenvalue weighted by atomic mass is 9.95. The van der Waals surface area contributed by atoms with E-state index in [2.05, 4.69) is 37.5 Å². The number of likely N-dealkylation sites (tertiary alicyclic amines) is 1. The highest BCUT2D eigenvalue weighted by atomic mass is 16.5. The Kier molecular flexibility index (Phi) is 38.9. The highest BCUT2D eigenvalue weighted by Crippen LogP contribution is 2.22. The van der Waals surface area contributed by atoms with Crippen molar-refractivity contribution in [1.29, 1.82) is 0 Å². The van der Waals surface area contributed by atoms with Gasteiger partial charge in [-0.15, -0.1) is 0 Å². The van der Waals surface area contributed by atoms with Gasteiger partial charge in [-0.1, -0.05) is 169 Å². The summed E-state index contributed by atoms with van der Waals surface area (Å²) in [4.78, 5) is 30.6. The van der Waals surface area contributed by atoms with E-state index in [-0.39, 0.29) is 18.0 Å². The lowest BCUT2D eigenvalue weighted by Crippen LogP contribution is -2.41. The maximum Gasteiger partial charge on any atom is 0.305 e. The molecule has 0 amide bonds. The highest BCUT2D eigenvalue weighted by molar-refractivity contribution is 5.69. The lowest BCUT2D eigenvalue weighted by Gasteiger charge is -2.32. The molecule has 0 aromatic heterocycles. The van der Waals surface area contributed by atoms with Crippen molar-refractivity contribution in [3.63, 3.8) is 0 Å². The maximum atomic E-state index is 12.8. The maximum absolute atomic E-state index is 12.8. The Bertz CT molecular complexity index is 836. The predicted octanol–water partition coefficient (Wildman–Crippen LogP) is 13.6. The summed E-state index contributed by atoms with van der Waals surface area (Å²) in [5, 5.41) is 9.97. The summed E-state index contributed by atoms with van der Waals surface area (Å²) in [6, 6.07) is 0. The van der Waals surface area contributed by atoms with Gasteiger partial charge in [-0.2, -0.15) is 0 Å². The van der Waals surface area contributed by atoms with Gasteiger partial charge in [-0.25, -0.2) is 0 Å². The molecule has 2 unspecified atom stereocenters. The fraction of sp³-hybridized carbons (Fsp3) is 0.961. The first-order chi connectivity index (χ1) is 28.4. The molecule has 1 N–H and O–H groups in total. The Balaban J connectivity index is 2.42. The molecule has 0 radical (unpaired) electrons. The predicted molar refractivity (Wildman–Crippen MR) is 247 cm³/mol. The zero-order valence-electron chi connectivity index (χ0n) is 39.4. The van der Waals surface area contributed by atoms with E-state index in [1.165, 1.54) is 154 Å². The van der Waals surface area contributed by atoms with Crippen LogP contribution in [0.15, 0.2) is 0 Å². The molecule has 7 nitrogen and oxygen atoms in total. The normalized spacial score (nSPS) is 14.9. The molecule has 7 heteroatoms. The van der Waals surface area contributed by atoms with Crippen LogP contribution in [0.5, 0.6) is 0 Å². The van der Waals surface area contributed by atoms with Crippen molar-refractivity contribution < 1.29 is 24.2 Å². The van der Waals surface area contributed by atoms with Crippen LogP contribution in [0.4, 0.5) is 0 Å². The van der Waals surface area contributed by atoms with Gasteiger partial charge in [0, 0.05) is 39.0 Å². The molecule has 1 heterocycles. The van der Waals surface area contributed by atoms with Crippen LogP contribution in [0, 0.1) is 11.8 Å². The molecule has 0 saturated carbocycles. The third-order valence-electron chi connectivity index (χ3n) is 12.8. The van der Waals surface area contributed by atoms with Crippen molar-refractivity contribution in [2.45, 2.75) is 252 Å². The van der Waals surface area contributed by atoms with Gasteiger partial charge in [0.2, 0.25) is 0 Å². The van der Waals surface area contributed by atoms with E-state index >= 15 is 0 Å². The number of piperidine rings is 1. The molecule has 0 spiro atoms. The average molecular weight is 821 g/mol. The van der Waals surface area contributed by atoms with E-state index in [1.807, 2.05) is 0 Å². The molecular formula is C51H100N2O5. The number of carbonyl (C=O) groups is 2. The standard InChI is InChI=1S/C51H100N2O5/c1-5-9-13-17-19-25-33-47(31-23-15-11-7-3)45-57-50(55)35-27-21-29-39-52(43-44-53-41-37-49(54)38-42-53)40-30-22-28-36-51(56)58-46-48(32-24-16-12-8-4)34-26-20-18-14-10-6-2/h47-49,54H,5-46H2,1-4H3. The summed E-state index contributed by atoms with van der Waals surface area (Å²) in [6.07, 6.45) is 39.6. The van der Waals surface area contributed by atoms with E-state index < -0.39 is 0 Å². The van der Waals surface area contributed by atoms with E-state index in [0.29, 0.717) is 37.9 Å². The third-order valence-corrected chi connectivity index (χ3v) is 12.8. The first kappa shape index (κ1) is 54.8. The van der Waals surface area contributed by atoms with Gasteiger partial charge in [-0.3, -0.25) is 9.59 Å². The summed E-state index contributed by atoms with van der Waals surface area (Å²) in [5.74, 6) is 1.02. The van der Waals surface area contributed by atoms with Crippen LogP contribution in [0.25, 0.3) is 0 Å². The van der Waals surface area contributed by atoms with Gasteiger partial charge in [0.15, 0.2) is 0 Å². The van der Waals surface area contributed by atoms with Gasteiger partial charge in [0.05, 0.1) is 19.3 Å². The second-order valence-electron chi connectivity index (χ2n) is 18.4. The molecule has 1 rings (SSSR count).